The molecule has 3 aromatic heterocycles. The normalized spacial score (nSPS) is 11.4. The van der Waals surface area contributed by atoms with Crippen molar-refractivity contribution in [3.63, 3.8) is 0 Å². The molecule has 0 N–H and O–H groups in total. The molecule has 4 nitrogen and oxygen atoms in total. The van der Waals surface area contributed by atoms with Crippen LogP contribution >= 0.6 is 12.6 Å². The Morgan fingerprint density at radius 1 is 0.742 bits per heavy atom. The third-order valence-corrected chi connectivity index (χ3v) is 5.78. The predicted octanol–water partition coefficient (Wildman–Crippen LogP) is 6.81. The molecule has 6 rings (SSSR count). The summed E-state index contributed by atoms with van der Waals surface area (Å²) in [5, 5.41) is 3.36. The van der Waals surface area contributed by atoms with Crippen molar-refractivity contribution in [3.8, 4) is 17.4 Å². The molecule has 0 bridgehead atoms. The highest BCUT2D eigenvalue weighted by molar-refractivity contribution is 7.80. The third-order valence-electron chi connectivity index (χ3n) is 5.42. The van der Waals surface area contributed by atoms with Gasteiger partial charge in [0.15, 0.2) is 0 Å². The zero-order valence-electron chi connectivity index (χ0n) is 16.4. The molecule has 0 aliphatic rings. The Balaban J connectivity index is 1.51. The van der Waals surface area contributed by atoms with E-state index in [-0.39, 0.29) is 0 Å². The fraction of sp³-hybridized carbons (Fsp3) is 0. The van der Waals surface area contributed by atoms with Crippen LogP contribution in [0.4, 0.5) is 0 Å². The van der Waals surface area contributed by atoms with Gasteiger partial charge in [0.2, 0.25) is 5.88 Å². The monoisotopic (exact) mass is 419 g/mol. The van der Waals surface area contributed by atoms with Crippen LogP contribution in [0.2, 0.25) is 0 Å². The molecule has 0 amide bonds. The van der Waals surface area contributed by atoms with Gasteiger partial charge >= 0.3 is 0 Å². The highest BCUT2D eigenvalue weighted by Crippen LogP contribution is 2.35. The van der Waals surface area contributed by atoms with E-state index in [1.54, 1.807) is 0 Å². The molecule has 0 radical (unpaired) electrons. The first-order valence-electron chi connectivity index (χ1n) is 9.99. The summed E-state index contributed by atoms with van der Waals surface area (Å²) in [5.74, 6) is 2.12. The van der Waals surface area contributed by atoms with Gasteiger partial charge in [-0.25, -0.2) is 9.97 Å². The van der Waals surface area contributed by atoms with E-state index in [0.29, 0.717) is 5.88 Å². The van der Waals surface area contributed by atoms with Gasteiger partial charge in [0.25, 0.3) is 0 Å². The van der Waals surface area contributed by atoms with Crippen LogP contribution < -0.4 is 4.74 Å². The Morgan fingerprint density at radius 3 is 2.52 bits per heavy atom. The fourth-order valence-electron chi connectivity index (χ4n) is 4.04. The fourth-order valence-corrected chi connectivity index (χ4v) is 4.30. The number of pyridine rings is 2. The van der Waals surface area contributed by atoms with E-state index in [2.05, 4.69) is 51.4 Å². The zero-order chi connectivity index (χ0) is 20.8. The number of nitrogens with zero attached hydrogens (tertiary/aromatic N) is 3. The number of aromatic nitrogens is 3. The minimum Gasteiger partial charge on any atom is -0.439 e. The van der Waals surface area contributed by atoms with Crippen LogP contribution in [0.1, 0.15) is 0 Å². The smallest absolute Gasteiger partial charge is 0.219 e. The Hall–Kier alpha value is -3.83. The quantitative estimate of drug-likeness (QED) is 0.320. The Bertz CT molecular complexity index is 1570. The van der Waals surface area contributed by atoms with Crippen LogP contribution in [0.3, 0.4) is 0 Å². The highest BCUT2D eigenvalue weighted by atomic mass is 32.1. The van der Waals surface area contributed by atoms with Crippen LogP contribution in [0, 0.1) is 0 Å². The van der Waals surface area contributed by atoms with Gasteiger partial charge in [-0.05, 0) is 42.5 Å². The zero-order valence-corrected chi connectivity index (χ0v) is 17.3. The topological polar surface area (TPSA) is 39.9 Å². The average molecular weight is 420 g/mol. The number of hydrogen-bond donors (Lipinski definition) is 1. The summed E-state index contributed by atoms with van der Waals surface area (Å²) >= 11 is 4.53. The molecular formula is C26H17N3OS. The van der Waals surface area contributed by atoms with Gasteiger partial charge in [0.1, 0.15) is 11.6 Å². The van der Waals surface area contributed by atoms with E-state index in [9.17, 15) is 0 Å². The maximum Gasteiger partial charge on any atom is 0.219 e. The van der Waals surface area contributed by atoms with Crippen molar-refractivity contribution in [2.45, 2.75) is 4.90 Å². The summed E-state index contributed by atoms with van der Waals surface area (Å²) in [6.07, 6.45) is 1.81. The maximum absolute atomic E-state index is 6.16. The Kier molecular flexibility index (Phi) is 4.14. The summed E-state index contributed by atoms with van der Waals surface area (Å²) in [7, 11) is 0. The number of para-hydroxylation sites is 2. The lowest BCUT2D eigenvalue weighted by molar-refractivity contribution is 0.465. The molecule has 0 fully saturated rings. The Morgan fingerprint density at radius 2 is 1.61 bits per heavy atom. The van der Waals surface area contributed by atoms with Crippen LogP contribution in [-0.4, -0.2) is 14.5 Å². The molecule has 0 atom stereocenters. The molecule has 0 spiro atoms. The van der Waals surface area contributed by atoms with E-state index in [1.165, 1.54) is 5.39 Å². The van der Waals surface area contributed by atoms with E-state index >= 15 is 0 Å². The van der Waals surface area contributed by atoms with Crippen molar-refractivity contribution in [1.29, 1.82) is 0 Å². The predicted molar refractivity (Wildman–Crippen MR) is 128 cm³/mol. The molecular weight excluding hydrogens is 402 g/mol. The van der Waals surface area contributed by atoms with Gasteiger partial charge in [-0.15, -0.1) is 12.6 Å². The molecule has 6 aromatic rings. The highest BCUT2D eigenvalue weighted by Gasteiger charge is 2.14. The summed E-state index contributed by atoms with van der Waals surface area (Å²) in [5.41, 5.74) is 2.97. The van der Waals surface area contributed by atoms with Crippen molar-refractivity contribution < 1.29 is 4.74 Å². The van der Waals surface area contributed by atoms with Gasteiger partial charge in [-0.1, -0.05) is 36.4 Å². The molecule has 0 aliphatic carbocycles. The van der Waals surface area contributed by atoms with E-state index in [4.69, 9.17) is 4.74 Å². The van der Waals surface area contributed by atoms with E-state index in [1.807, 2.05) is 72.9 Å². The van der Waals surface area contributed by atoms with E-state index in [0.717, 1.165) is 43.8 Å². The van der Waals surface area contributed by atoms with Gasteiger partial charge in [0, 0.05) is 39.4 Å². The van der Waals surface area contributed by atoms with Gasteiger partial charge in [-0.2, -0.15) is 0 Å². The lowest BCUT2D eigenvalue weighted by Crippen LogP contribution is -1.96. The van der Waals surface area contributed by atoms with Gasteiger partial charge < -0.3 is 4.74 Å². The van der Waals surface area contributed by atoms with Crippen LogP contribution in [0.5, 0.6) is 11.6 Å². The minimum absolute atomic E-state index is 0.536. The van der Waals surface area contributed by atoms with Crippen molar-refractivity contribution >= 4 is 45.3 Å². The second-order valence-corrected chi connectivity index (χ2v) is 7.80. The SMILES string of the molecule is Sc1cccc2ccc(Oc3ccc4c5ccccc5n(-c5ccccn5)c4c3)nc12. The summed E-state index contributed by atoms with van der Waals surface area (Å²) < 4.78 is 8.32. The van der Waals surface area contributed by atoms with E-state index < -0.39 is 0 Å². The third kappa shape index (κ3) is 3.02. The molecule has 31 heavy (non-hydrogen) atoms. The number of ether oxygens (including phenoxy) is 1. The van der Waals surface area contributed by atoms with Crippen molar-refractivity contribution in [1.82, 2.24) is 14.5 Å². The molecule has 148 valence electrons. The number of benzene rings is 3. The van der Waals surface area contributed by atoms with Crippen LogP contribution in [0.15, 0.2) is 102 Å². The second kappa shape index (κ2) is 7.15. The lowest BCUT2D eigenvalue weighted by Gasteiger charge is -2.09. The first kappa shape index (κ1) is 18.0. The molecule has 0 saturated carbocycles. The van der Waals surface area contributed by atoms with Crippen molar-refractivity contribution in [3.05, 3.63) is 97.2 Å². The molecule has 0 saturated heterocycles. The summed E-state index contributed by atoms with van der Waals surface area (Å²) in [6.45, 7) is 0. The van der Waals surface area contributed by atoms with Crippen LogP contribution in [-0.2, 0) is 0 Å². The molecule has 0 unspecified atom stereocenters. The van der Waals surface area contributed by atoms with Gasteiger partial charge in [-0.3, -0.25) is 4.57 Å². The number of thiol groups is 1. The van der Waals surface area contributed by atoms with Crippen molar-refractivity contribution in [2.24, 2.45) is 0 Å². The first-order valence-corrected chi connectivity index (χ1v) is 10.4. The minimum atomic E-state index is 0.536. The molecule has 3 heterocycles. The Labute approximate surface area is 184 Å². The number of hydrogen-bond acceptors (Lipinski definition) is 4. The molecule has 3 aromatic carbocycles. The second-order valence-electron chi connectivity index (χ2n) is 7.32. The largest absolute Gasteiger partial charge is 0.439 e. The summed E-state index contributed by atoms with van der Waals surface area (Å²) in [6, 6.07) is 30.2. The number of fused-ring (bicyclic) bond motifs is 4. The lowest BCUT2D eigenvalue weighted by atomic mass is 10.1. The molecule has 0 aliphatic heterocycles. The van der Waals surface area contributed by atoms with Gasteiger partial charge in [0.05, 0.1) is 16.6 Å². The average Bonchev–Trinajstić information content (AvgIpc) is 3.14. The van der Waals surface area contributed by atoms with Crippen LogP contribution in [0.25, 0.3) is 38.5 Å². The first-order chi connectivity index (χ1) is 15.3. The standard InChI is InChI=1S/C26H17N3OS/c31-23-9-5-6-17-11-14-25(28-26(17)23)30-18-12-13-20-19-7-1-2-8-21(19)29(22(20)16-18)24-10-3-4-15-27-24/h1-16,31H. The molecule has 5 heteroatoms. The summed E-state index contributed by atoms with van der Waals surface area (Å²) in [4.78, 5) is 10.1. The number of rotatable bonds is 3. The van der Waals surface area contributed by atoms with Crippen molar-refractivity contribution in [2.75, 3.05) is 0 Å². The maximum atomic E-state index is 6.16.